The van der Waals surface area contributed by atoms with Gasteiger partial charge in [0.2, 0.25) is 11.9 Å². The van der Waals surface area contributed by atoms with Gasteiger partial charge in [0.1, 0.15) is 0 Å². The lowest BCUT2D eigenvalue weighted by molar-refractivity contribution is -0.130. The molecular formula is C8H14N6O. The number of rotatable bonds is 3. The quantitative estimate of drug-likeness (QED) is 0.710. The van der Waals surface area contributed by atoms with Crippen LogP contribution in [0.4, 0.5) is 5.95 Å². The number of hydrogen-bond acceptors (Lipinski definition) is 5. The van der Waals surface area contributed by atoms with Crippen LogP contribution in [0, 0.1) is 0 Å². The van der Waals surface area contributed by atoms with Crippen molar-refractivity contribution in [3.8, 4) is 0 Å². The van der Waals surface area contributed by atoms with Crippen molar-refractivity contribution in [2.75, 3.05) is 18.8 Å². The van der Waals surface area contributed by atoms with E-state index in [0.29, 0.717) is 13.0 Å². The van der Waals surface area contributed by atoms with Gasteiger partial charge in [0.25, 0.3) is 0 Å². The number of nitrogen functional groups attached to an aromatic ring is 1. The minimum absolute atomic E-state index is 0.155. The summed E-state index contributed by atoms with van der Waals surface area (Å²) in [6.45, 7) is 2.21. The predicted octanol–water partition coefficient (Wildman–Crippen LogP) is -0.732. The molecule has 7 heteroatoms. The summed E-state index contributed by atoms with van der Waals surface area (Å²) in [7, 11) is 0. The highest BCUT2D eigenvalue weighted by Crippen LogP contribution is 2.09. The highest BCUT2D eigenvalue weighted by Gasteiger charge is 2.17. The monoisotopic (exact) mass is 210 g/mol. The molecule has 1 aliphatic rings. The van der Waals surface area contributed by atoms with Gasteiger partial charge in [-0.2, -0.15) is 0 Å². The first-order chi connectivity index (χ1) is 7.27. The van der Waals surface area contributed by atoms with Crippen LogP contribution < -0.4 is 5.73 Å². The molecule has 2 rings (SSSR count). The molecule has 0 atom stereocenters. The number of aromatic nitrogens is 4. The Balaban J connectivity index is 1.83. The van der Waals surface area contributed by atoms with Gasteiger partial charge in [0, 0.05) is 19.5 Å². The number of aryl methyl sites for hydroxylation is 1. The van der Waals surface area contributed by atoms with E-state index in [-0.39, 0.29) is 11.9 Å². The molecule has 1 fully saturated rings. The van der Waals surface area contributed by atoms with Crippen LogP contribution >= 0.6 is 0 Å². The van der Waals surface area contributed by atoms with Crippen molar-refractivity contribution in [1.29, 1.82) is 0 Å². The van der Waals surface area contributed by atoms with Crippen molar-refractivity contribution in [3.05, 3.63) is 0 Å². The van der Waals surface area contributed by atoms with Gasteiger partial charge in [-0.15, -0.1) is 0 Å². The van der Waals surface area contributed by atoms with Crippen molar-refractivity contribution >= 4 is 11.9 Å². The fourth-order valence-electron chi connectivity index (χ4n) is 1.70. The smallest absolute Gasteiger partial charge is 0.240 e. The summed E-state index contributed by atoms with van der Waals surface area (Å²) >= 11 is 0. The Labute approximate surface area is 87.2 Å². The normalized spacial score (nSPS) is 15.9. The zero-order chi connectivity index (χ0) is 10.7. The Hall–Kier alpha value is -1.66. The largest absolute Gasteiger partial charge is 0.367 e. The molecule has 0 unspecified atom stereocenters. The molecule has 0 aromatic carbocycles. The Morgan fingerprint density at radius 3 is 2.73 bits per heavy atom. The van der Waals surface area contributed by atoms with E-state index in [1.54, 1.807) is 0 Å². The highest BCUT2D eigenvalue weighted by atomic mass is 16.2. The molecule has 0 radical (unpaired) electrons. The van der Waals surface area contributed by atoms with Crippen LogP contribution in [0.5, 0.6) is 0 Å². The van der Waals surface area contributed by atoms with Crippen LogP contribution in [0.3, 0.4) is 0 Å². The second-order valence-corrected chi connectivity index (χ2v) is 3.60. The molecule has 0 aliphatic carbocycles. The number of likely N-dealkylation sites (tertiary alicyclic amines) is 1. The van der Waals surface area contributed by atoms with Crippen LogP contribution in [0.2, 0.25) is 0 Å². The third-order valence-electron chi connectivity index (χ3n) is 2.56. The Morgan fingerprint density at radius 2 is 2.13 bits per heavy atom. The average molecular weight is 210 g/mol. The van der Waals surface area contributed by atoms with Crippen molar-refractivity contribution in [3.63, 3.8) is 0 Å². The average Bonchev–Trinajstić information content (AvgIpc) is 2.85. The van der Waals surface area contributed by atoms with E-state index >= 15 is 0 Å². The molecule has 2 N–H and O–H groups in total. The summed E-state index contributed by atoms with van der Waals surface area (Å²) in [6.07, 6.45) is 2.63. The standard InChI is InChI=1S/C8H14N6O/c9-8-10-11-12-14(8)6-3-7(15)13-4-1-2-5-13/h1-6H2,(H2,9,10,12). The minimum Gasteiger partial charge on any atom is -0.367 e. The maximum absolute atomic E-state index is 11.7. The van der Waals surface area contributed by atoms with E-state index < -0.39 is 0 Å². The molecular weight excluding hydrogens is 196 g/mol. The van der Waals surface area contributed by atoms with Gasteiger partial charge in [0.15, 0.2) is 0 Å². The molecule has 1 aliphatic heterocycles. The number of nitrogens with two attached hydrogens (primary N) is 1. The number of hydrogen-bond donors (Lipinski definition) is 1. The lowest BCUT2D eigenvalue weighted by Crippen LogP contribution is -2.28. The summed E-state index contributed by atoms with van der Waals surface area (Å²) in [4.78, 5) is 13.5. The van der Waals surface area contributed by atoms with E-state index in [1.807, 2.05) is 4.90 Å². The van der Waals surface area contributed by atoms with E-state index in [9.17, 15) is 4.79 Å². The van der Waals surface area contributed by atoms with Crippen LogP contribution in [0.25, 0.3) is 0 Å². The van der Waals surface area contributed by atoms with Crippen molar-refractivity contribution < 1.29 is 4.79 Å². The van der Waals surface area contributed by atoms with E-state index in [4.69, 9.17) is 5.73 Å². The first-order valence-electron chi connectivity index (χ1n) is 5.07. The molecule has 0 spiro atoms. The van der Waals surface area contributed by atoms with Gasteiger partial charge in [0.05, 0.1) is 6.54 Å². The maximum atomic E-state index is 11.7. The molecule has 7 nitrogen and oxygen atoms in total. The van der Waals surface area contributed by atoms with Crippen LogP contribution in [0.15, 0.2) is 0 Å². The lowest BCUT2D eigenvalue weighted by Gasteiger charge is -2.14. The lowest BCUT2D eigenvalue weighted by atomic mass is 10.3. The Morgan fingerprint density at radius 1 is 1.40 bits per heavy atom. The Kier molecular flexibility index (Phi) is 2.79. The molecule has 82 valence electrons. The Bertz CT molecular complexity index is 343. The second kappa shape index (κ2) is 4.24. The van der Waals surface area contributed by atoms with Crippen molar-refractivity contribution in [2.45, 2.75) is 25.8 Å². The van der Waals surface area contributed by atoms with Crippen LogP contribution in [0.1, 0.15) is 19.3 Å². The van der Waals surface area contributed by atoms with E-state index in [2.05, 4.69) is 15.5 Å². The maximum Gasteiger partial charge on any atom is 0.240 e. The predicted molar refractivity (Wildman–Crippen MR) is 52.7 cm³/mol. The third-order valence-corrected chi connectivity index (χ3v) is 2.56. The number of anilines is 1. The summed E-state index contributed by atoms with van der Waals surface area (Å²) < 4.78 is 1.44. The minimum atomic E-state index is 0.155. The molecule has 0 saturated carbocycles. The van der Waals surface area contributed by atoms with Gasteiger partial charge < -0.3 is 10.6 Å². The molecule has 2 heterocycles. The fourth-order valence-corrected chi connectivity index (χ4v) is 1.70. The van der Waals surface area contributed by atoms with E-state index in [0.717, 1.165) is 25.9 Å². The molecule has 1 amide bonds. The fraction of sp³-hybridized carbons (Fsp3) is 0.750. The SMILES string of the molecule is Nc1nnnn1CCC(=O)N1CCCC1. The van der Waals surface area contributed by atoms with Crippen LogP contribution in [-0.2, 0) is 11.3 Å². The molecule has 15 heavy (non-hydrogen) atoms. The second-order valence-electron chi connectivity index (χ2n) is 3.60. The van der Waals surface area contributed by atoms with Crippen molar-refractivity contribution in [2.24, 2.45) is 0 Å². The van der Waals surface area contributed by atoms with Crippen LogP contribution in [-0.4, -0.2) is 44.1 Å². The molecule has 1 aromatic heterocycles. The highest BCUT2D eigenvalue weighted by molar-refractivity contribution is 5.76. The summed E-state index contributed by atoms with van der Waals surface area (Å²) in [5, 5.41) is 10.6. The number of carbonyl (C=O) groups excluding carboxylic acids is 1. The number of carbonyl (C=O) groups is 1. The summed E-state index contributed by atoms with van der Waals surface area (Å²) in [6, 6.07) is 0. The summed E-state index contributed by atoms with van der Waals surface area (Å²) in [5.74, 6) is 0.409. The van der Waals surface area contributed by atoms with Gasteiger partial charge in [-0.1, -0.05) is 5.10 Å². The number of tetrazole rings is 1. The number of amides is 1. The van der Waals surface area contributed by atoms with E-state index in [1.165, 1.54) is 4.68 Å². The zero-order valence-corrected chi connectivity index (χ0v) is 8.46. The molecule has 1 saturated heterocycles. The first kappa shape index (κ1) is 9.88. The third kappa shape index (κ3) is 2.23. The summed E-state index contributed by atoms with van der Waals surface area (Å²) in [5.41, 5.74) is 5.48. The van der Waals surface area contributed by atoms with Gasteiger partial charge >= 0.3 is 0 Å². The van der Waals surface area contributed by atoms with Gasteiger partial charge in [-0.05, 0) is 23.3 Å². The zero-order valence-electron chi connectivity index (χ0n) is 8.46. The van der Waals surface area contributed by atoms with Gasteiger partial charge in [-0.3, -0.25) is 4.79 Å². The number of nitrogens with zero attached hydrogens (tertiary/aromatic N) is 5. The first-order valence-corrected chi connectivity index (χ1v) is 5.07. The van der Waals surface area contributed by atoms with Gasteiger partial charge in [-0.25, -0.2) is 4.68 Å². The van der Waals surface area contributed by atoms with Crippen molar-refractivity contribution in [1.82, 2.24) is 25.1 Å². The molecule has 1 aromatic rings. The topological polar surface area (TPSA) is 89.9 Å². The molecule has 0 bridgehead atoms.